The minimum absolute atomic E-state index is 0.203. The van der Waals surface area contributed by atoms with Crippen molar-refractivity contribution in [2.24, 2.45) is 0 Å². The van der Waals surface area contributed by atoms with Crippen LogP contribution in [0.3, 0.4) is 0 Å². The molecule has 0 aliphatic rings. The third-order valence-corrected chi connectivity index (χ3v) is 7.63. The fourth-order valence-electron chi connectivity index (χ4n) is 3.36. The molecule has 1 heterocycles. The van der Waals surface area contributed by atoms with Crippen molar-refractivity contribution in [3.63, 3.8) is 0 Å². The van der Waals surface area contributed by atoms with Crippen LogP contribution in [0.4, 0.5) is 24.5 Å². The average molecular weight is 565 g/mol. The Bertz CT molecular complexity index is 1600. The number of thiophene rings is 1. The minimum atomic E-state index is -4.61. The van der Waals surface area contributed by atoms with Gasteiger partial charge >= 0.3 is 12.1 Å². The van der Waals surface area contributed by atoms with E-state index in [2.05, 4.69) is 10.0 Å². The Morgan fingerprint density at radius 1 is 0.947 bits per heavy atom. The van der Waals surface area contributed by atoms with E-state index in [9.17, 15) is 31.2 Å². The molecule has 0 aliphatic carbocycles. The Kier molecular flexibility index (Phi) is 7.60. The number of esters is 1. The zero-order valence-electron chi connectivity index (χ0n) is 19.5. The Morgan fingerprint density at radius 2 is 1.68 bits per heavy atom. The summed E-state index contributed by atoms with van der Waals surface area (Å²) in [6.45, 7) is -0.371. The number of sulfonamides is 1. The van der Waals surface area contributed by atoms with Gasteiger partial charge in [-0.2, -0.15) is 13.2 Å². The highest BCUT2D eigenvalue weighted by molar-refractivity contribution is 7.92. The van der Waals surface area contributed by atoms with E-state index in [-0.39, 0.29) is 22.9 Å². The largest absolute Gasteiger partial charge is 0.484 e. The molecule has 2 N–H and O–H groups in total. The number of hydrogen-bond acceptors (Lipinski definition) is 7. The highest BCUT2D eigenvalue weighted by Gasteiger charge is 2.30. The van der Waals surface area contributed by atoms with Crippen LogP contribution in [0, 0.1) is 0 Å². The molecule has 198 valence electrons. The van der Waals surface area contributed by atoms with Crippen LogP contribution in [0.25, 0.3) is 10.1 Å². The van der Waals surface area contributed by atoms with Gasteiger partial charge in [-0.3, -0.25) is 9.52 Å². The summed E-state index contributed by atoms with van der Waals surface area (Å²) < 4.78 is 76.9. The third-order valence-electron chi connectivity index (χ3n) is 5.13. The molecule has 38 heavy (non-hydrogen) atoms. The first kappa shape index (κ1) is 26.9. The van der Waals surface area contributed by atoms with Gasteiger partial charge in [0.05, 0.1) is 17.6 Å². The lowest BCUT2D eigenvalue weighted by Crippen LogP contribution is -2.20. The highest BCUT2D eigenvalue weighted by Crippen LogP contribution is 2.31. The number of benzene rings is 3. The van der Waals surface area contributed by atoms with Gasteiger partial charge in [0.15, 0.2) is 6.61 Å². The van der Waals surface area contributed by atoms with Crippen molar-refractivity contribution in [2.45, 2.75) is 11.1 Å². The first-order chi connectivity index (χ1) is 17.9. The smallest absolute Gasteiger partial charge is 0.416 e. The molecule has 1 amide bonds. The zero-order valence-corrected chi connectivity index (χ0v) is 21.2. The predicted molar refractivity (Wildman–Crippen MR) is 136 cm³/mol. The standard InChI is InChI=1S/C25H19F3N2O6S2/c1-35-24(32)22-12-15-11-17(5-10-21(15)37-22)29-23(31)14-36-19-6-8-20(9-7-19)38(33,34)30-18-4-2-3-16(13-18)25(26,27)28/h2-13,30H,14H2,1H3,(H,29,31). The monoisotopic (exact) mass is 564 g/mol. The van der Waals surface area contributed by atoms with Gasteiger partial charge in [-0.25, -0.2) is 13.2 Å². The Labute approximate surface area is 219 Å². The van der Waals surface area contributed by atoms with Gasteiger partial charge < -0.3 is 14.8 Å². The summed E-state index contributed by atoms with van der Waals surface area (Å²) in [6.07, 6.45) is -4.61. The molecule has 4 rings (SSSR count). The molecule has 0 radical (unpaired) electrons. The summed E-state index contributed by atoms with van der Waals surface area (Å²) in [5.74, 6) is -0.722. The number of ether oxygens (including phenoxy) is 2. The number of amides is 1. The van der Waals surface area contributed by atoms with E-state index in [0.29, 0.717) is 16.6 Å². The highest BCUT2D eigenvalue weighted by atomic mass is 32.2. The number of alkyl halides is 3. The van der Waals surface area contributed by atoms with E-state index in [4.69, 9.17) is 9.47 Å². The summed E-state index contributed by atoms with van der Waals surface area (Å²) in [5, 5.41) is 3.43. The maximum atomic E-state index is 12.9. The second-order valence-corrected chi connectivity index (χ2v) is 10.6. The second kappa shape index (κ2) is 10.7. The molecule has 0 saturated carbocycles. The van der Waals surface area contributed by atoms with Crippen molar-refractivity contribution >= 4 is 54.7 Å². The SMILES string of the molecule is COC(=O)c1cc2cc(NC(=O)COc3ccc(S(=O)(=O)Nc4cccc(C(F)(F)F)c4)cc3)ccc2s1. The summed E-state index contributed by atoms with van der Waals surface area (Å²) in [5.41, 5.74) is -0.734. The number of nitrogens with one attached hydrogen (secondary N) is 2. The Morgan fingerprint density at radius 3 is 2.37 bits per heavy atom. The number of anilines is 2. The molecule has 0 aliphatic heterocycles. The second-order valence-electron chi connectivity index (χ2n) is 7.85. The van der Waals surface area contributed by atoms with Crippen molar-refractivity contribution in [2.75, 3.05) is 23.8 Å². The number of methoxy groups -OCH3 is 1. The molecule has 0 spiro atoms. The van der Waals surface area contributed by atoms with Crippen LogP contribution in [0.15, 0.2) is 77.7 Å². The number of halogens is 3. The first-order valence-electron chi connectivity index (χ1n) is 10.8. The van der Waals surface area contributed by atoms with E-state index in [1.165, 1.54) is 48.8 Å². The number of carbonyl (C=O) groups is 2. The minimum Gasteiger partial charge on any atom is -0.484 e. The number of carbonyl (C=O) groups excluding carboxylic acids is 2. The third kappa shape index (κ3) is 6.42. The molecule has 0 saturated heterocycles. The summed E-state index contributed by atoms with van der Waals surface area (Å²) in [4.78, 5) is 24.2. The number of hydrogen-bond donors (Lipinski definition) is 2. The van der Waals surface area contributed by atoms with Gasteiger partial charge in [-0.05, 0) is 72.1 Å². The lowest BCUT2D eigenvalue weighted by atomic mass is 10.2. The average Bonchev–Trinajstić information content (AvgIpc) is 3.30. The Hall–Kier alpha value is -4.10. The van der Waals surface area contributed by atoms with Gasteiger partial charge in [0.2, 0.25) is 0 Å². The lowest BCUT2D eigenvalue weighted by Gasteiger charge is -2.12. The van der Waals surface area contributed by atoms with E-state index in [1.54, 1.807) is 24.3 Å². The van der Waals surface area contributed by atoms with Crippen molar-refractivity contribution < 1.29 is 40.7 Å². The summed E-state index contributed by atoms with van der Waals surface area (Å²) in [6, 6.07) is 15.7. The maximum absolute atomic E-state index is 12.9. The summed E-state index contributed by atoms with van der Waals surface area (Å²) >= 11 is 1.27. The molecule has 0 fully saturated rings. The Balaban J connectivity index is 1.35. The normalized spacial score (nSPS) is 11.7. The van der Waals surface area contributed by atoms with Crippen LogP contribution in [-0.4, -0.2) is 34.0 Å². The van der Waals surface area contributed by atoms with Crippen LogP contribution in [0.5, 0.6) is 5.75 Å². The topological polar surface area (TPSA) is 111 Å². The van der Waals surface area contributed by atoms with Crippen molar-refractivity contribution in [3.8, 4) is 5.75 Å². The predicted octanol–water partition coefficient (Wildman–Crippen LogP) is 5.53. The van der Waals surface area contributed by atoms with Crippen LogP contribution in [0.1, 0.15) is 15.2 Å². The molecule has 0 bridgehead atoms. The van der Waals surface area contributed by atoms with Gasteiger partial charge in [-0.15, -0.1) is 11.3 Å². The molecule has 8 nitrogen and oxygen atoms in total. The van der Waals surface area contributed by atoms with Gasteiger partial charge in [0.25, 0.3) is 15.9 Å². The van der Waals surface area contributed by atoms with Crippen LogP contribution in [-0.2, 0) is 25.7 Å². The van der Waals surface area contributed by atoms with Gasteiger partial charge in [-0.1, -0.05) is 6.07 Å². The van der Waals surface area contributed by atoms with E-state index < -0.39 is 33.6 Å². The molecule has 3 aromatic carbocycles. The molecule has 0 unspecified atom stereocenters. The van der Waals surface area contributed by atoms with E-state index in [0.717, 1.165) is 22.2 Å². The molecule has 1 aromatic heterocycles. The summed E-state index contributed by atoms with van der Waals surface area (Å²) in [7, 11) is -2.87. The quantitative estimate of drug-likeness (QED) is 0.273. The van der Waals surface area contributed by atoms with Crippen molar-refractivity contribution in [1.82, 2.24) is 0 Å². The maximum Gasteiger partial charge on any atom is 0.416 e. The fraction of sp³-hybridized carbons (Fsp3) is 0.120. The first-order valence-corrected chi connectivity index (χ1v) is 13.1. The molecular weight excluding hydrogens is 545 g/mol. The van der Waals surface area contributed by atoms with Gasteiger partial charge in [0, 0.05) is 16.1 Å². The van der Waals surface area contributed by atoms with Crippen molar-refractivity contribution in [3.05, 3.63) is 83.2 Å². The molecule has 13 heteroatoms. The van der Waals surface area contributed by atoms with Crippen LogP contribution < -0.4 is 14.8 Å². The fourth-order valence-corrected chi connectivity index (χ4v) is 5.37. The van der Waals surface area contributed by atoms with Gasteiger partial charge in [0.1, 0.15) is 10.6 Å². The van der Waals surface area contributed by atoms with Crippen LogP contribution in [0.2, 0.25) is 0 Å². The zero-order chi connectivity index (χ0) is 27.5. The number of rotatable bonds is 8. The molecule has 0 atom stereocenters. The van der Waals surface area contributed by atoms with E-state index >= 15 is 0 Å². The molecule has 4 aromatic rings. The van der Waals surface area contributed by atoms with E-state index in [1.807, 2.05) is 0 Å². The molecular formula is C25H19F3N2O6S2. The number of fused-ring (bicyclic) bond motifs is 1. The van der Waals surface area contributed by atoms with Crippen LogP contribution >= 0.6 is 11.3 Å². The van der Waals surface area contributed by atoms with Crippen molar-refractivity contribution in [1.29, 1.82) is 0 Å². The lowest BCUT2D eigenvalue weighted by molar-refractivity contribution is -0.137.